The number of thioether (sulfide) groups is 1. The van der Waals surface area contributed by atoms with Crippen LogP contribution in [0.25, 0.3) is 0 Å². The van der Waals surface area contributed by atoms with E-state index in [9.17, 15) is 29.6 Å². The van der Waals surface area contributed by atoms with Gasteiger partial charge in [0.1, 0.15) is 36.3 Å². The van der Waals surface area contributed by atoms with Crippen LogP contribution >= 0.6 is 11.8 Å². The Labute approximate surface area is 214 Å². The van der Waals surface area contributed by atoms with E-state index in [1.165, 1.54) is 42.4 Å². The van der Waals surface area contributed by atoms with E-state index in [2.05, 4.69) is 0 Å². The summed E-state index contributed by atoms with van der Waals surface area (Å²) in [6.07, 6.45) is 2.06. The zero-order valence-corrected chi connectivity index (χ0v) is 20.2. The summed E-state index contributed by atoms with van der Waals surface area (Å²) in [5.41, 5.74) is 0.528. The van der Waals surface area contributed by atoms with E-state index >= 15 is 0 Å². The van der Waals surface area contributed by atoms with Gasteiger partial charge in [0, 0.05) is 24.6 Å². The van der Waals surface area contributed by atoms with Crippen LogP contribution in [0.5, 0.6) is 5.75 Å². The molecule has 4 rings (SSSR count). The summed E-state index contributed by atoms with van der Waals surface area (Å²) in [6, 6.07) is 14.2. The highest BCUT2D eigenvalue weighted by Gasteiger charge is 2.52. The second-order valence-corrected chi connectivity index (χ2v) is 8.87. The van der Waals surface area contributed by atoms with Crippen LogP contribution in [0.3, 0.4) is 0 Å². The molecule has 2 aromatic carbocycles. The average Bonchev–Trinajstić information content (AvgIpc) is 2.90. The highest BCUT2D eigenvalue weighted by Crippen LogP contribution is 2.49. The van der Waals surface area contributed by atoms with E-state index in [0.717, 1.165) is 18.0 Å². The molecule has 11 nitrogen and oxygen atoms in total. The first kappa shape index (κ1) is 25.5. The third-order valence-corrected chi connectivity index (χ3v) is 6.64. The number of hydrogen-bond acceptors (Lipinski definition) is 10. The molecule has 190 valence electrons. The Kier molecular flexibility index (Phi) is 7.58. The number of hydrogen-bond donors (Lipinski definition) is 1. The van der Waals surface area contributed by atoms with Gasteiger partial charge in [0.25, 0.3) is 11.6 Å². The quantitative estimate of drug-likeness (QED) is 0.135. The predicted octanol–water partition coefficient (Wildman–Crippen LogP) is 3.73. The lowest BCUT2D eigenvalue weighted by Gasteiger charge is -2.46. The summed E-state index contributed by atoms with van der Waals surface area (Å²) in [5.74, 6) is -1.54. The second kappa shape index (κ2) is 11.0. The number of fused-ring (bicyclic) bond motifs is 1. The molecule has 0 saturated carbocycles. The molecule has 1 atom stereocenters. The number of esters is 2. The van der Waals surface area contributed by atoms with E-state index in [4.69, 9.17) is 14.2 Å². The first-order valence-corrected chi connectivity index (χ1v) is 11.7. The van der Waals surface area contributed by atoms with E-state index in [1.807, 2.05) is 6.07 Å². The molecule has 1 N–H and O–H groups in total. The Morgan fingerprint density at radius 1 is 1.11 bits per heavy atom. The Morgan fingerprint density at radius 3 is 2.43 bits per heavy atom. The first-order valence-electron chi connectivity index (χ1n) is 10.8. The Morgan fingerprint density at radius 2 is 1.81 bits per heavy atom. The van der Waals surface area contributed by atoms with Crippen molar-refractivity contribution in [3.63, 3.8) is 0 Å². The molecule has 0 bridgehead atoms. The van der Waals surface area contributed by atoms with Crippen molar-refractivity contribution >= 4 is 35.3 Å². The number of ether oxygens (including phenoxy) is 3. The molecule has 0 spiro atoms. The molecule has 2 aliphatic rings. The summed E-state index contributed by atoms with van der Waals surface area (Å²) in [5, 5.41) is 20.0. The zero-order valence-electron chi connectivity index (χ0n) is 19.4. The summed E-state index contributed by atoms with van der Waals surface area (Å²) < 4.78 is 16.0. The summed E-state index contributed by atoms with van der Waals surface area (Å²) >= 11 is 1.08. The normalized spacial score (nSPS) is 18.8. The number of nitro groups is 1. The topological polar surface area (TPSA) is 146 Å². The maximum atomic E-state index is 13.2. The molecule has 2 aromatic rings. The number of carbonyl (C=O) groups excluding carboxylic acids is 3. The standard InChI is InChI=1S/C25H20N2O9S/c1-15(29)34-13-19-21(11-28)37-24-20(14-35-18-5-3-2-4-6-18)23(30)26(24)22(19)25(31)36-12-16-7-9-17(10-8-16)27(32)33/h2-11,14,24,28H,12-13H2,1H3/t24-/m1/s1. The fraction of sp³-hybridized carbons (Fsp3) is 0.160. The number of benzene rings is 2. The number of nitrogens with zero attached hydrogens (tertiary/aromatic N) is 2. The Hall–Kier alpha value is -4.58. The van der Waals surface area contributed by atoms with Crippen LogP contribution < -0.4 is 4.74 Å². The molecule has 12 heteroatoms. The van der Waals surface area contributed by atoms with Crippen LogP contribution in [0.1, 0.15) is 12.5 Å². The van der Waals surface area contributed by atoms with Crippen molar-refractivity contribution in [2.24, 2.45) is 0 Å². The van der Waals surface area contributed by atoms with Gasteiger partial charge in [-0.2, -0.15) is 0 Å². The molecule has 0 unspecified atom stereocenters. The van der Waals surface area contributed by atoms with Crippen molar-refractivity contribution in [3.05, 3.63) is 105 Å². The molecule has 0 aliphatic carbocycles. The van der Waals surface area contributed by atoms with Gasteiger partial charge in [-0.1, -0.05) is 30.0 Å². The molecule has 2 heterocycles. The molecule has 37 heavy (non-hydrogen) atoms. The number of nitro benzene ring substituents is 1. The minimum absolute atomic E-state index is 0.101. The number of aliphatic hydroxyl groups is 1. The van der Waals surface area contributed by atoms with E-state index in [1.54, 1.807) is 24.3 Å². The zero-order chi connectivity index (χ0) is 26.5. The van der Waals surface area contributed by atoms with Crippen LogP contribution in [0.2, 0.25) is 0 Å². The van der Waals surface area contributed by atoms with Gasteiger partial charge in [0.15, 0.2) is 0 Å². The van der Waals surface area contributed by atoms with E-state index < -0.39 is 28.1 Å². The highest BCUT2D eigenvalue weighted by molar-refractivity contribution is 8.04. The van der Waals surface area contributed by atoms with Gasteiger partial charge in [0.2, 0.25) is 0 Å². The maximum absolute atomic E-state index is 13.2. The van der Waals surface area contributed by atoms with Crippen LogP contribution in [0.15, 0.2) is 88.9 Å². The lowest BCUT2D eigenvalue weighted by atomic mass is 10.0. The number of carbonyl (C=O) groups is 3. The SMILES string of the molecule is CC(=O)OCC1=C(C(=O)OCc2ccc([N+](=O)[O-])cc2)N2C(=O)C(=COc3ccccc3)[C@H]2SC1=CO. The lowest BCUT2D eigenvalue weighted by molar-refractivity contribution is -0.384. The van der Waals surface area contributed by atoms with Crippen molar-refractivity contribution in [3.8, 4) is 5.75 Å². The number of β-lactam (4-membered cyclic amide) rings is 1. The second-order valence-electron chi connectivity index (χ2n) is 7.75. The van der Waals surface area contributed by atoms with Gasteiger partial charge >= 0.3 is 11.9 Å². The summed E-state index contributed by atoms with van der Waals surface area (Å²) in [4.78, 5) is 49.4. The fourth-order valence-electron chi connectivity index (χ4n) is 3.53. The third-order valence-electron chi connectivity index (χ3n) is 5.34. The predicted molar refractivity (Wildman–Crippen MR) is 131 cm³/mol. The van der Waals surface area contributed by atoms with E-state index in [-0.39, 0.29) is 40.6 Å². The number of rotatable bonds is 8. The molecule has 1 amide bonds. The smallest absolute Gasteiger partial charge is 0.355 e. The van der Waals surface area contributed by atoms with Crippen LogP contribution in [0, 0.1) is 10.1 Å². The summed E-state index contributed by atoms with van der Waals surface area (Å²) in [7, 11) is 0. The molecule has 0 radical (unpaired) electrons. The van der Waals surface area contributed by atoms with Crippen molar-refractivity contribution < 1.29 is 38.6 Å². The monoisotopic (exact) mass is 524 g/mol. The molecule has 1 fully saturated rings. The number of para-hydroxylation sites is 1. The van der Waals surface area contributed by atoms with Crippen LogP contribution in [-0.2, 0) is 30.5 Å². The number of amides is 1. The number of aliphatic hydroxyl groups excluding tert-OH is 1. The first-order chi connectivity index (χ1) is 17.8. The molecule has 2 aliphatic heterocycles. The van der Waals surface area contributed by atoms with Crippen molar-refractivity contribution in [2.75, 3.05) is 6.61 Å². The van der Waals surface area contributed by atoms with Crippen molar-refractivity contribution in [1.82, 2.24) is 4.90 Å². The lowest BCUT2D eigenvalue weighted by Crippen LogP contribution is -2.56. The van der Waals surface area contributed by atoms with Crippen molar-refractivity contribution in [1.29, 1.82) is 0 Å². The molecular formula is C25H20N2O9S. The highest BCUT2D eigenvalue weighted by atomic mass is 32.2. The van der Waals surface area contributed by atoms with Crippen molar-refractivity contribution in [2.45, 2.75) is 18.9 Å². The van der Waals surface area contributed by atoms with Gasteiger partial charge in [-0.05, 0) is 29.8 Å². The van der Waals surface area contributed by atoms with Gasteiger partial charge in [-0.15, -0.1) is 0 Å². The average molecular weight is 525 g/mol. The minimum Gasteiger partial charge on any atom is -0.514 e. The third kappa shape index (κ3) is 5.48. The minimum atomic E-state index is -0.901. The van der Waals surface area contributed by atoms with Gasteiger partial charge in [0.05, 0.1) is 21.7 Å². The van der Waals surface area contributed by atoms with Crippen LogP contribution in [-0.4, -0.2) is 44.8 Å². The van der Waals surface area contributed by atoms with Gasteiger partial charge in [-0.25, -0.2) is 4.79 Å². The van der Waals surface area contributed by atoms with E-state index in [0.29, 0.717) is 11.3 Å². The fourth-order valence-corrected chi connectivity index (χ4v) is 4.72. The van der Waals surface area contributed by atoms with Gasteiger partial charge in [-0.3, -0.25) is 24.6 Å². The Balaban J connectivity index is 1.60. The summed E-state index contributed by atoms with van der Waals surface area (Å²) in [6.45, 7) is 0.566. The van der Waals surface area contributed by atoms with Gasteiger partial charge < -0.3 is 19.3 Å². The number of non-ortho nitro benzene ring substituents is 1. The maximum Gasteiger partial charge on any atom is 0.355 e. The van der Waals surface area contributed by atoms with Crippen LogP contribution in [0.4, 0.5) is 5.69 Å². The molecular weight excluding hydrogens is 504 g/mol. The molecule has 1 saturated heterocycles. The Bertz CT molecular complexity index is 1330. The molecule has 0 aromatic heterocycles. The largest absolute Gasteiger partial charge is 0.514 e.